The van der Waals surface area contributed by atoms with Crippen molar-refractivity contribution in [2.75, 3.05) is 5.32 Å². The van der Waals surface area contributed by atoms with Crippen LogP contribution in [0.5, 0.6) is 0 Å². The average molecular weight is 305 g/mol. The molecule has 4 aromatic rings. The van der Waals surface area contributed by atoms with E-state index in [0.29, 0.717) is 5.02 Å². The molecule has 4 rings (SSSR count). The molecule has 1 aromatic heterocycles. The number of para-hydroxylation sites is 1. The number of pyridine rings is 1. The number of rotatable bonds is 2. The van der Waals surface area contributed by atoms with Crippen molar-refractivity contribution in [2.24, 2.45) is 0 Å². The Morgan fingerprint density at radius 3 is 2.41 bits per heavy atom. The van der Waals surface area contributed by atoms with Crippen LogP contribution in [0, 0.1) is 0 Å². The van der Waals surface area contributed by atoms with Crippen molar-refractivity contribution in [3.05, 3.63) is 77.9 Å². The number of anilines is 2. The van der Waals surface area contributed by atoms with Crippen LogP contribution in [0.4, 0.5) is 11.4 Å². The smallest absolute Gasteiger partial charge is 0.0908 e. The van der Waals surface area contributed by atoms with Crippen LogP contribution in [0.25, 0.3) is 21.7 Å². The molecule has 22 heavy (non-hydrogen) atoms. The Kier molecular flexibility index (Phi) is 3.17. The van der Waals surface area contributed by atoms with Gasteiger partial charge in [-0.3, -0.25) is 4.98 Å². The molecule has 106 valence electrons. The van der Waals surface area contributed by atoms with Gasteiger partial charge in [0.05, 0.1) is 10.5 Å². The fourth-order valence-electron chi connectivity index (χ4n) is 2.73. The number of nitrogens with zero attached hydrogens (tertiary/aromatic N) is 1. The molecule has 1 N–H and O–H groups in total. The van der Waals surface area contributed by atoms with Gasteiger partial charge in [0.2, 0.25) is 0 Å². The van der Waals surface area contributed by atoms with Gasteiger partial charge in [-0.05, 0) is 23.6 Å². The summed E-state index contributed by atoms with van der Waals surface area (Å²) < 4.78 is 0. The summed E-state index contributed by atoms with van der Waals surface area (Å²) in [6.07, 6.45) is 1.78. The number of fused-ring (bicyclic) bond motifs is 2. The standard InChI is InChI=1S/C19H13ClN2/c20-16-9-4-8-15-18(11-12-21-19(15)16)22-17-10-3-6-13-5-1-2-7-14(13)17/h1-12H,(H,21,22). The zero-order valence-corrected chi connectivity index (χ0v) is 12.5. The average Bonchev–Trinajstić information content (AvgIpc) is 2.56. The van der Waals surface area contributed by atoms with Crippen LogP contribution in [-0.2, 0) is 0 Å². The van der Waals surface area contributed by atoms with E-state index in [-0.39, 0.29) is 0 Å². The van der Waals surface area contributed by atoms with Gasteiger partial charge in [-0.1, -0.05) is 60.1 Å². The lowest BCUT2D eigenvalue weighted by atomic mass is 10.1. The predicted octanol–water partition coefficient (Wildman–Crippen LogP) is 5.79. The summed E-state index contributed by atoms with van der Waals surface area (Å²) in [6.45, 7) is 0. The number of aromatic nitrogens is 1. The fourth-order valence-corrected chi connectivity index (χ4v) is 2.95. The Hall–Kier alpha value is -2.58. The maximum Gasteiger partial charge on any atom is 0.0908 e. The molecule has 3 aromatic carbocycles. The number of hydrogen-bond donors (Lipinski definition) is 1. The van der Waals surface area contributed by atoms with Crippen molar-refractivity contribution >= 4 is 44.7 Å². The minimum absolute atomic E-state index is 0.666. The van der Waals surface area contributed by atoms with E-state index in [4.69, 9.17) is 11.6 Å². The second-order valence-electron chi connectivity index (χ2n) is 5.15. The summed E-state index contributed by atoms with van der Waals surface area (Å²) in [5.74, 6) is 0. The molecule has 3 heteroatoms. The molecule has 2 nitrogen and oxygen atoms in total. The first kappa shape index (κ1) is 13.1. The molecular weight excluding hydrogens is 292 g/mol. The van der Waals surface area contributed by atoms with Gasteiger partial charge in [-0.15, -0.1) is 0 Å². The predicted molar refractivity (Wildman–Crippen MR) is 94.0 cm³/mol. The van der Waals surface area contributed by atoms with E-state index in [0.717, 1.165) is 22.3 Å². The molecular formula is C19H13ClN2. The summed E-state index contributed by atoms with van der Waals surface area (Å²) in [6, 6.07) is 22.4. The quantitative estimate of drug-likeness (QED) is 0.507. The van der Waals surface area contributed by atoms with Crippen LogP contribution in [0.3, 0.4) is 0 Å². The number of benzene rings is 3. The topological polar surface area (TPSA) is 24.9 Å². The molecule has 0 saturated heterocycles. The molecule has 0 aliphatic heterocycles. The molecule has 0 saturated carbocycles. The summed E-state index contributed by atoms with van der Waals surface area (Å²) in [5.41, 5.74) is 2.89. The maximum absolute atomic E-state index is 6.24. The van der Waals surface area contributed by atoms with Crippen molar-refractivity contribution in [2.45, 2.75) is 0 Å². The van der Waals surface area contributed by atoms with Gasteiger partial charge >= 0.3 is 0 Å². The van der Waals surface area contributed by atoms with Crippen LogP contribution >= 0.6 is 11.6 Å². The Balaban J connectivity index is 1.88. The van der Waals surface area contributed by atoms with E-state index in [1.807, 2.05) is 30.3 Å². The van der Waals surface area contributed by atoms with E-state index < -0.39 is 0 Å². The zero-order valence-electron chi connectivity index (χ0n) is 11.8. The third-order valence-corrected chi connectivity index (χ3v) is 4.09. The van der Waals surface area contributed by atoms with Crippen molar-refractivity contribution in [3.8, 4) is 0 Å². The van der Waals surface area contributed by atoms with Gasteiger partial charge in [0, 0.05) is 28.3 Å². The molecule has 0 aliphatic rings. The summed E-state index contributed by atoms with van der Waals surface area (Å²) in [4.78, 5) is 4.37. The summed E-state index contributed by atoms with van der Waals surface area (Å²) in [5, 5.41) is 7.60. The highest BCUT2D eigenvalue weighted by Gasteiger charge is 2.06. The first-order valence-corrected chi connectivity index (χ1v) is 7.49. The van der Waals surface area contributed by atoms with E-state index in [1.165, 1.54) is 10.8 Å². The number of hydrogen-bond acceptors (Lipinski definition) is 2. The fraction of sp³-hybridized carbons (Fsp3) is 0. The third-order valence-electron chi connectivity index (χ3n) is 3.78. The van der Waals surface area contributed by atoms with Crippen molar-refractivity contribution in [1.29, 1.82) is 0 Å². The second kappa shape index (κ2) is 5.32. The zero-order chi connectivity index (χ0) is 14.9. The van der Waals surface area contributed by atoms with Gasteiger partial charge in [-0.25, -0.2) is 0 Å². The summed E-state index contributed by atoms with van der Waals surface area (Å²) in [7, 11) is 0. The van der Waals surface area contributed by atoms with Gasteiger partial charge < -0.3 is 5.32 Å². The lowest BCUT2D eigenvalue weighted by Gasteiger charge is -2.12. The minimum Gasteiger partial charge on any atom is -0.354 e. The van der Waals surface area contributed by atoms with E-state index in [9.17, 15) is 0 Å². The monoisotopic (exact) mass is 304 g/mol. The molecule has 0 fully saturated rings. The molecule has 0 radical (unpaired) electrons. The van der Waals surface area contributed by atoms with Crippen molar-refractivity contribution < 1.29 is 0 Å². The Morgan fingerprint density at radius 1 is 0.727 bits per heavy atom. The largest absolute Gasteiger partial charge is 0.354 e. The van der Waals surface area contributed by atoms with Crippen LogP contribution in [-0.4, -0.2) is 4.98 Å². The Bertz CT molecular complexity index is 974. The van der Waals surface area contributed by atoms with Crippen LogP contribution in [0.2, 0.25) is 5.02 Å². The molecule has 0 bridgehead atoms. The van der Waals surface area contributed by atoms with E-state index in [2.05, 4.69) is 46.7 Å². The first-order valence-electron chi connectivity index (χ1n) is 7.11. The molecule has 0 atom stereocenters. The third kappa shape index (κ3) is 2.18. The van der Waals surface area contributed by atoms with Crippen LogP contribution in [0.1, 0.15) is 0 Å². The number of nitrogens with one attached hydrogen (secondary N) is 1. The van der Waals surface area contributed by atoms with Gasteiger partial charge in [-0.2, -0.15) is 0 Å². The van der Waals surface area contributed by atoms with E-state index >= 15 is 0 Å². The first-order chi connectivity index (χ1) is 10.8. The molecule has 0 aliphatic carbocycles. The SMILES string of the molecule is Clc1cccc2c(Nc3cccc4ccccc34)ccnc12. The number of halogens is 1. The summed E-state index contributed by atoms with van der Waals surface area (Å²) >= 11 is 6.24. The lowest BCUT2D eigenvalue weighted by Crippen LogP contribution is -1.93. The van der Waals surface area contributed by atoms with Crippen molar-refractivity contribution in [1.82, 2.24) is 4.98 Å². The highest BCUT2D eigenvalue weighted by Crippen LogP contribution is 2.31. The van der Waals surface area contributed by atoms with Crippen molar-refractivity contribution in [3.63, 3.8) is 0 Å². The maximum atomic E-state index is 6.24. The molecule has 0 amide bonds. The normalized spacial score (nSPS) is 11.0. The highest BCUT2D eigenvalue weighted by atomic mass is 35.5. The highest BCUT2D eigenvalue weighted by molar-refractivity contribution is 6.35. The molecule has 1 heterocycles. The molecule has 0 unspecified atom stereocenters. The van der Waals surface area contributed by atoms with Crippen LogP contribution in [0.15, 0.2) is 72.9 Å². The Morgan fingerprint density at radius 2 is 1.45 bits per heavy atom. The van der Waals surface area contributed by atoms with Gasteiger partial charge in [0.15, 0.2) is 0 Å². The Labute approximate surface area is 133 Å². The molecule has 0 spiro atoms. The minimum atomic E-state index is 0.666. The van der Waals surface area contributed by atoms with Gasteiger partial charge in [0.1, 0.15) is 0 Å². The van der Waals surface area contributed by atoms with Gasteiger partial charge in [0.25, 0.3) is 0 Å². The lowest BCUT2D eigenvalue weighted by molar-refractivity contribution is 1.41. The van der Waals surface area contributed by atoms with Crippen LogP contribution < -0.4 is 5.32 Å². The van der Waals surface area contributed by atoms with E-state index in [1.54, 1.807) is 6.20 Å². The second-order valence-corrected chi connectivity index (χ2v) is 5.55.